The lowest BCUT2D eigenvalue weighted by Gasteiger charge is -2.05. The van der Waals surface area contributed by atoms with E-state index in [4.69, 9.17) is 28.5 Å². The minimum atomic E-state index is -0.503. The molecule has 0 bridgehead atoms. The highest BCUT2D eigenvalue weighted by molar-refractivity contribution is 6.37. The van der Waals surface area contributed by atoms with E-state index in [1.54, 1.807) is 0 Å². The van der Waals surface area contributed by atoms with Crippen molar-refractivity contribution in [2.24, 2.45) is 0 Å². The summed E-state index contributed by atoms with van der Waals surface area (Å²) in [6.45, 7) is 0.315. The second-order valence-electron chi connectivity index (χ2n) is 4.67. The maximum atomic E-state index is 12.1. The zero-order valence-corrected chi connectivity index (χ0v) is 13.4. The zero-order chi connectivity index (χ0) is 16.8. The van der Waals surface area contributed by atoms with Crippen molar-refractivity contribution >= 4 is 35.2 Å². The smallest absolute Gasteiger partial charge is 0.262 e. The number of nitrogens with zero attached hydrogens (tertiary/aromatic N) is 1. The van der Waals surface area contributed by atoms with E-state index in [2.05, 4.69) is 5.32 Å². The molecule has 0 aliphatic heterocycles. The number of phenols is 1. The maximum absolute atomic E-state index is 12.1. The molecule has 0 aliphatic rings. The van der Waals surface area contributed by atoms with Crippen LogP contribution in [0.5, 0.6) is 5.75 Å². The van der Waals surface area contributed by atoms with E-state index in [9.17, 15) is 9.90 Å². The van der Waals surface area contributed by atoms with Crippen LogP contribution in [0.3, 0.4) is 0 Å². The number of rotatable bonds is 4. The average Bonchev–Trinajstić information content (AvgIpc) is 2.56. The molecule has 0 spiro atoms. The number of benzene rings is 2. The molecule has 1 amide bonds. The molecular formula is C17H12Cl2N2O2. The van der Waals surface area contributed by atoms with Gasteiger partial charge in [0.2, 0.25) is 0 Å². The predicted octanol–water partition coefficient (Wildman–Crippen LogP) is 3.92. The number of carbonyl (C=O) groups is 1. The van der Waals surface area contributed by atoms with Crippen LogP contribution in [0, 0.1) is 11.3 Å². The number of halogens is 2. The minimum absolute atomic E-state index is 0.0470. The summed E-state index contributed by atoms with van der Waals surface area (Å²) in [5.74, 6) is -0.741. The van der Waals surface area contributed by atoms with Crippen LogP contribution in [-0.2, 0) is 11.3 Å². The lowest BCUT2D eigenvalue weighted by Crippen LogP contribution is -2.23. The van der Waals surface area contributed by atoms with Gasteiger partial charge in [-0.2, -0.15) is 5.26 Å². The van der Waals surface area contributed by atoms with Gasteiger partial charge in [-0.15, -0.1) is 0 Å². The molecule has 2 rings (SSSR count). The SMILES string of the molecule is N#C/C(=C/c1cc(Cl)c(O)c(Cl)c1)C(=O)NCc1ccccc1. The molecular weight excluding hydrogens is 335 g/mol. The van der Waals surface area contributed by atoms with Crippen molar-refractivity contribution in [1.29, 1.82) is 5.26 Å². The third-order valence-electron chi connectivity index (χ3n) is 3.01. The van der Waals surface area contributed by atoms with Gasteiger partial charge in [0.25, 0.3) is 5.91 Å². The molecule has 0 atom stereocenters. The highest BCUT2D eigenvalue weighted by atomic mass is 35.5. The summed E-state index contributed by atoms with van der Waals surface area (Å²) in [5.41, 5.74) is 1.29. The normalized spacial score (nSPS) is 10.9. The van der Waals surface area contributed by atoms with Gasteiger partial charge < -0.3 is 10.4 Å². The Morgan fingerprint density at radius 3 is 2.39 bits per heavy atom. The molecule has 116 valence electrons. The minimum Gasteiger partial charge on any atom is -0.505 e. The predicted molar refractivity (Wildman–Crippen MR) is 90.0 cm³/mol. The number of phenolic OH excluding ortho intramolecular Hbond substituents is 1. The summed E-state index contributed by atoms with van der Waals surface area (Å²) in [6, 6.07) is 14.0. The van der Waals surface area contributed by atoms with Crippen molar-refractivity contribution < 1.29 is 9.90 Å². The van der Waals surface area contributed by atoms with Crippen molar-refractivity contribution in [3.05, 3.63) is 69.2 Å². The Morgan fingerprint density at radius 2 is 1.83 bits per heavy atom. The second kappa shape index (κ2) is 7.68. The van der Waals surface area contributed by atoms with Crippen LogP contribution in [0.4, 0.5) is 0 Å². The Bertz CT molecular complexity index is 773. The molecule has 6 heteroatoms. The van der Waals surface area contributed by atoms with Crippen LogP contribution in [0.15, 0.2) is 48.0 Å². The molecule has 0 aliphatic carbocycles. The molecule has 0 radical (unpaired) electrons. The fourth-order valence-corrected chi connectivity index (χ4v) is 2.36. The molecule has 0 fully saturated rings. The molecule has 0 saturated carbocycles. The van der Waals surface area contributed by atoms with Crippen molar-refractivity contribution in [1.82, 2.24) is 5.32 Å². The van der Waals surface area contributed by atoms with Crippen molar-refractivity contribution in [3.63, 3.8) is 0 Å². The molecule has 2 aromatic rings. The molecule has 0 saturated heterocycles. The largest absolute Gasteiger partial charge is 0.505 e. The van der Waals surface area contributed by atoms with E-state index in [1.165, 1.54) is 18.2 Å². The first-order valence-electron chi connectivity index (χ1n) is 6.63. The van der Waals surface area contributed by atoms with Gasteiger partial charge in [0.05, 0.1) is 10.0 Å². The Morgan fingerprint density at radius 1 is 1.22 bits per heavy atom. The van der Waals surface area contributed by atoms with Crippen LogP contribution in [0.25, 0.3) is 6.08 Å². The second-order valence-corrected chi connectivity index (χ2v) is 5.49. The first-order valence-corrected chi connectivity index (χ1v) is 7.39. The summed E-state index contributed by atoms with van der Waals surface area (Å²) >= 11 is 11.6. The van der Waals surface area contributed by atoms with Gasteiger partial charge in [-0.1, -0.05) is 53.5 Å². The third-order valence-corrected chi connectivity index (χ3v) is 3.59. The quantitative estimate of drug-likeness (QED) is 0.650. The van der Waals surface area contributed by atoms with Crippen LogP contribution in [0.1, 0.15) is 11.1 Å². The van der Waals surface area contributed by atoms with Gasteiger partial charge in [0.1, 0.15) is 11.6 Å². The topological polar surface area (TPSA) is 73.1 Å². The van der Waals surface area contributed by atoms with E-state index >= 15 is 0 Å². The monoisotopic (exact) mass is 346 g/mol. The van der Waals surface area contributed by atoms with Crippen LogP contribution < -0.4 is 5.32 Å². The highest BCUT2D eigenvalue weighted by Gasteiger charge is 2.11. The lowest BCUT2D eigenvalue weighted by molar-refractivity contribution is -0.117. The van der Waals surface area contributed by atoms with E-state index in [0.29, 0.717) is 12.1 Å². The van der Waals surface area contributed by atoms with E-state index in [0.717, 1.165) is 5.56 Å². The van der Waals surface area contributed by atoms with Crippen molar-refractivity contribution in [2.75, 3.05) is 0 Å². The molecule has 4 nitrogen and oxygen atoms in total. The van der Waals surface area contributed by atoms with E-state index in [-0.39, 0.29) is 21.4 Å². The number of hydrogen-bond acceptors (Lipinski definition) is 3. The molecule has 2 aromatic carbocycles. The summed E-state index contributed by atoms with van der Waals surface area (Å²) in [4.78, 5) is 12.1. The van der Waals surface area contributed by atoms with Gasteiger partial charge >= 0.3 is 0 Å². The van der Waals surface area contributed by atoms with Crippen LogP contribution in [0.2, 0.25) is 10.0 Å². The molecule has 0 unspecified atom stereocenters. The van der Waals surface area contributed by atoms with Crippen LogP contribution in [-0.4, -0.2) is 11.0 Å². The lowest BCUT2D eigenvalue weighted by atomic mass is 10.1. The van der Waals surface area contributed by atoms with Gasteiger partial charge in [0, 0.05) is 6.54 Å². The number of aromatic hydroxyl groups is 1. The molecule has 0 aromatic heterocycles. The Balaban J connectivity index is 2.15. The van der Waals surface area contributed by atoms with Crippen LogP contribution >= 0.6 is 23.2 Å². The van der Waals surface area contributed by atoms with Gasteiger partial charge in [-0.05, 0) is 29.3 Å². The number of nitriles is 1. The van der Waals surface area contributed by atoms with Gasteiger partial charge in [-0.3, -0.25) is 4.79 Å². The first kappa shape index (κ1) is 16.9. The van der Waals surface area contributed by atoms with Gasteiger partial charge in [0.15, 0.2) is 5.75 Å². The fourth-order valence-electron chi connectivity index (χ4n) is 1.86. The summed E-state index contributed by atoms with van der Waals surface area (Å²) in [6.07, 6.45) is 1.36. The molecule has 2 N–H and O–H groups in total. The number of nitrogens with one attached hydrogen (secondary N) is 1. The molecule has 0 heterocycles. The molecule has 23 heavy (non-hydrogen) atoms. The number of hydrogen-bond donors (Lipinski definition) is 2. The average molecular weight is 347 g/mol. The zero-order valence-electron chi connectivity index (χ0n) is 11.9. The first-order chi connectivity index (χ1) is 11.0. The number of amides is 1. The van der Waals surface area contributed by atoms with Crippen molar-refractivity contribution in [2.45, 2.75) is 6.54 Å². The Labute approximate surface area is 143 Å². The summed E-state index contributed by atoms with van der Waals surface area (Å²) in [7, 11) is 0. The standard InChI is InChI=1S/C17H12Cl2N2O2/c18-14-7-12(8-15(19)16(14)22)6-13(9-20)17(23)21-10-11-4-2-1-3-5-11/h1-8,22H,10H2,(H,21,23)/b13-6-. The van der Waals surface area contributed by atoms with Gasteiger partial charge in [-0.25, -0.2) is 0 Å². The Hall–Kier alpha value is -2.48. The maximum Gasteiger partial charge on any atom is 0.262 e. The summed E-state index contributed by atoms with van der Waals surface area (Å²) < 4.78 is 0. The number of carbonyl (C=O) groups excluding carboxylic acids is 1. The van der Waals surface area contributed by atoms with Crippen molar-refractivity contribution in [3.8, 4) is 11.8 Å². The highest BCUT2D eigenvalue weighted by Crippen LogP contribution is 2.33. The summed E-state index contributed by atoms with van der Waals surface area (Å²) in [5, 5.41) is 21.4. The third kappa shape index (κ3) is 4.49. The fraction of sp³-hybridized carbons (Fsp3) is 0.0588. The Kier molecular flexibility index (Phi) is 5.64. The van der Waals surface area contributed by atoms with E-state index < -0.39 is 5.91 Å². The van der Waals surface area contributed by atoms with E-state index in [1.807, 2.05) is 36.4 Å².